The highest BCUT2D eigenvalue weighted by molar-refractivity contribution is 14.1. The van der Waals surface area contributed by atoms with Crippen molar-refractivity contribution in [1.29, 1.82) is 0 Å². The van der Waals surface area contributed by atoms with Gasteiger partial charge in [0.15, 0.2) is 0 Å². The van der Waals surface area contributed by atoms with Gasteiger partial charge in [0.05, 0.1) is 0 Å². The van der Waals surface area contributed by atoms with E-state index in [-0.39, 0.29) is 0 Å². The topological polar surface area (TPSA) is 9.23 Å². The lowest BCUT2D eigenvalue weighted by Gasteiger charge is -1.86. The predicted molar refractivity (Wildman–Crippen MR) is 42.1 cm³/mol. The minimum Gasteiger partial charge on any atom is -0.382 e. The fourth-order valence-corrected chi connectivity index (χ4v) is 0.204. The van der Waals surface area contributed by atoms with Crippen LogP contribution in [-0.4, -0.2) is 18.1 Å². The summed E-state index contributed by atoms with van der Waals surface area (Å²) >= 11 is 2.15. The third-order valence-electron chi connectivity index (χ3n) is 0.408. The van der Waals surface area contributed by atoms with Crippen LogP contribution in [0.4, 0.5) is 0 Å². The molecule has 0 fully saturated rings. The van der Waals surface area contributed by atoms with E-state index in [2.05, 4.69) is 22.6 Å². The number of ether oxygens (including phenoxy) is 1. The molecular weight excluding hydrogens is 203 g/mol. The lowest BCUT2D eigenvalue weighted by molar-refractivity contribution is 0.162. The standard InChI is InChI=1S/C4H10O.CH3I/c1-3-5-4-2;1-2/h3-4H2,1-2H3;1H3. The number of halogens is 1. The molecule has 0 unspecified atom stereocenters. The van der Waals surface area contributed by atoms with Gasteiger partial charge in [-0.25, -0.2) is 0 Å². The van der Waals surface area contributed by atoms with E-state index in [1.807, 2.05) is 18.8 Å². The van der Waals surface area contributed by atoms with Gasteiger partial charge in [0.1, 0.15) is 0 Å². The van der Waals surface area contributed by atoms with Crippen molar-refractivity contribution < 1.29 is 4.74 Å². The first-order valence-corrected chi connectivity index (χ1v) is 4.53. The highest BCUT2D eigenvalue weighted by Crippen LogP contribution is 1.64. The summed E-state index contributed by atoms with van der Waals surface area (Å²) in [6.45, 7) is 5.67. The normalized spacial score (nSPS) is 6.86. The Morgan fingerprint density at radius 3 is 1.43 bits per heavy atom. The van der Waals surface area contributed by atoms with E-state index in [0.29, 0.717) is 0 Å². The van der Waals surface area contributed by atoms with Crippen molar-refractivity contribution >= 4 is 22.6 Å². The minimum absolute atomic E-state index is 0.844. The Balaban J connectivity index is 0. The van der Waals surface area contributed by atoms with Gasteiger partial charge < -0.3 is 4.74 Å². The van der Waals surface area contributed by atoms with E-state index in [9.17, 15) is 0 Å². The van der Waals surface area contributed by atoms with Crippen molar-refractivity contribution in [2.24, 2.45) is 0 Å². The predicted octanol–water partition coefficient (Wildman–Crippen LogP) is 2.09. The first-order chi connectivity index (χ1) is 3.41. The van der Waals surface area contributed by atoms with E-state index in [1.165, 1.54) is 0 Å². The average Bonchev–Trinajstić information content (AvgIpc) is 1.75. The number of hydrogen-bond donors (Lipinski definition) is 0. The molecule has 0 heterocycles. The Kier molecular flexibility index (Phi) is 24.2. The summed E-state index contributed by atoms with van der Waals surface area (Å²) in [5.41, 5.74) is 0. The summed E-state index contributed by atoms with van der Waals surface area (Å²) in [5.74, 6) is 0. The van der Waals surface area contributed by atoms with E-state index in [0.717, 1.165) is 13.2 Å². The maximum Gasteiger partial charge on any atom is 0.0437 e. The molecule has 1 nitrogen and oxygen atoms in total. The van der Waals surface area contributed by atoms with Crippen LogP contribution in [0.3, 0.4) is 0 Å². The van der Waals surface area contributed by atoms with Crippen LogP contribution in [0.1, 0.15) is 13.8 Å². The quantitative estimate of drug-likeness (QED) is 0.507. The van der Waals surface area contributed by atoms with Gasteiger partial charge in [-0.2, -0.15) is 0 Å². The Morgan fingerprint density at radius 2 is 1.43 bits per heavy atom. The van der Waals surface area contributed by atoms with E-state index >= 15 is 0 Å². The zero-order valence-electron chi connectivity index (χ0n) is 5.20. The molecule has 0 bridgehead atoms. The van der Waals surface area contributed by atoms with Crippen LogP contribution >= 0.6 is 22.6 Å². The van der Waals surface area contributed by atoms with Gasteiger partial charge in [0.25, 0.3) is 0 Å². The maximum atomic E-state index is 4.83. The summed E-state index contributed by atoms with van der Waals surface area (Å²) < 4.78 is 4.83. The largest absolute Gasteiger partial charge is 0.382 e. The Labute approximate surface area is 59.6 Å². The monoisotopic (exact) mass is 216 g/mol. The van der Waals surface area contributed by atoms with E-state index in [4.69, 9.17) is 4.74 Å². The van der Waals surface area contributed by atoms with Crippen LogP contribution in [0.2, 0.25) is 0 Å². The van der Waals surface area contributed by atoms with Gasteiger partial charge in [-0.1, -0.05) is 22.6 Å². The summed E-state index contributed by atoms with van der Waals surface area (Å²) in [7, 11) is 0. The van der Waals surface area contributed by atoms with Crippen molar-refractivity contribution in [2.75, 3.05) is 18.1 Å². The highest BCUT2D eigenvalue weighted by atomic mass is 127. The minimum atomic E-state index is 0.844. The average molecular weight is 216 g/mol. The van der Waals surface area contributed by atoms with E-state index in [1.54, 1.807) is 0 Å². The number of alkyl halides is 1. The molecule has 0 aliphatic rings. The van der Waals surface area contributed by atoms with Crippen molar-refractivity contribution in [3.8, 4) is 0 Å². The van der Waals surface area contributed by atoms with Crippen LogP contribution in [0, 0.1) is 0 Å². The second-order valence-corrected chi connectivity index (χ2v) is 0.781. The van der Waals surface area contributed by atoms with Crippen LogP contribution < -0.4 is 0 Å². The van der Waals surface area contributed by atoms with Crippen LogP contribution in [-0.2, 0) is 4.74 Å². The third-order valence-corrected chi connectivity index (χ3v) is 0.408. The second kappa shape index (κ2) is 15.9. The first-order valence-electron chi connectivity index (χ1n) is 2.37. The molecule has 0 rings (SSSR count). The van der Waals surface area contributed by atoms with Gasteiger partial charge in [-0.3, -0.25) is 0 Å². The third kappa shape index (κ3) is 20.3. The summed E-state index contributed by atoms with van der Waals surface area (Å²) in [6.07, 6.45) is 0. The molecule has 7 heavy (non-hydrogen) atoms. The Morgan fingerprint density at radius 1 is 1.14 bits per heavy atom. The molecule has 0 N–H and O–H groups in total. The molecule has 0 radical (unpaired) electrons. The molecule has 0 atom stereocenters. The molecule has 0 amide bonds. The molecule has 0 aromatic rings. The molecule has 0 spiro atoms. The van der Waals surface area contributed by atoms with Gasteiger partial charge in [-0.05, 0) is 18.8 Å². The smallest absolute Gasteiger partial charge is 0.0437 e. The molecule has 0 aliphatic carbocycles. The molecule has 0 aromatic heterocycles. The van der Waals surface area contributed by atoms with E-state index < -0.39 is 0 Å². The van der Waals surface area contributed by atoms with Gasteiger partial charge in [0, 0.05) is 13.2 Å². The summed E-state index contributed by atoms with van der Waals surface area (Å²) in [5, 5.41) is 0. The molecule has 0 saturated heterocycles. The number of rotatable bonds is 2. The lowest BCUT2D eigenvalue weighted by Crippen LogP contribution is -1.84. The number of hydrogen-bond acceptors (Lipinski definition) is 1. The Bertz CT molecular complexity index is 15.6. The van der Waals surface area contributed by atoms with Crippen LogP contribution in [0.25, 0.3) is 0 Å². The van der Waals surface area contributed by atoms with Crippen molar-refractivity contribution in [1.82, 2.24) is 0 Å². The zero-order valence-corrected chi connectivity index (χ0v) is 7.36. The SMILES string of the molecule is CCOCC.CI. The van der Waals surface area contributed by atoms with Crippen LogP contribution in [0.5, 0.6) is 0 Å². The van der Waals surface area contributed by atoms with Gasteiger partial charge in [-0.15, -0.1) is 0 Å². The molecule has 2 heteroatoms. The maximum absolute atomic E-state index is 4.83. The van der Waals surface area contributed by atoms with Gasteiger partial charge >= 0.3 is 0 Å². The summed E-state index contributed by atoms with van der Waals surface area (Å²) in [4.78, 5) is 1.97. The first kappa shape index (κ1) is 10.6. The fraction of sp³-hybridized carbons (Fsp3) is 1.00. The highest BCUT2D eigenvalue weighted by Gasteiger charge is 1.64. The fourth-order valence-electron chi connectivity index (χ4n) is 0.204. The lowest BCUT2D eigenvalue weighted by atomic mass is 10.8. The summed E-state index contributed by atoms with van der Waals surface area (Å²) in [6, 6.07) is 0. The molecule has 0 aromatic carbocycles. The van der Waals surface area contributed by atoms with Crippen molar-refractivity contribution in [3.63, 3.8) is 0 Å². The molecule has 46 valence electrons. The second-order valence-electron chi connectivity index (χ2n) is 0.781. The molecule has 0 aliphatic heterocycles. The van der Waals surface area contributed by atoms with Crippen LogP contribution in [0.15, 0.2) is 0 Å². The van der Waals surface area contributed by atoms with Crippen molar-refractivity contribution in [2.45, 2.75) is 13.8 Å². The van der Waals surface area contributed by atoms with Crippen molar-refractivity contribution in [3.05, 3.63) is 0 Å². The molecular formula is C5H13IO. The molecule has 0 saturated carbocycles. The van der Waals surface area contributed by atoms with Gasteiger partial charge in [0.2, 0.25) is 0 Å². The Hall–Kier alpha value is 0.690. The zero-order chi connectivity index (χ0) is 6.12.